The Morgan fingerprint density at radius 1 is 1.31 bits per heavy atom. The van der Waals surface area contributed by atoms with Gasteiger partial charge in [-0.25, -0.2) is 0 Å². The van der Waals surface area contributed by atoms with E-state index in [-0.39, 0.29) is 12.4 Å². The van der Waals surface area contributed by atoms with Crippen LogP contribution in [-0.2, 0) is 0 Å². The second-order valence-corrected chi connectivity index (χ2v) is 5.18. The van der Waals surface area contributed by atoms with Crippen molar-refractivity contribution in [1.82, 2.24) is 4.90 Å². The van der Waals surface area contributed by atoms with E-state index in [4.69, 9.17) is 5.73 Å². The van der Waals surface area contributed by atoms with Gasteiger partial charge >= 0.3 is 0 Å². The number of hydrogen-bond donors (Lipinski definition) is 1. The highest BCUT2D eigenvalue weighted by Gasteiger charge is 2.17. The van der Waals surface area contributed by atoms with Crippen molar-refractivity contribution in [3.63, 3.8) is 0 Å². The summed E-state index contributed by atoms with van der Waals surface area (Å²) in [6.07, 6.45) is 1.16. The molecule has 0 bridgehead atoms. The number of nitrogens with two attached hydrogens (primary N) is 1. The molecule has 4 heteroatoms. The van der Waals surface area contributed by atoms with Crippen LogP contribution < -0.4 is 5.73 Å². The third kappa shape index (κ3) is 4.34. The lowest BCUT2D eigenvalue weighted by atomic mass is 10.3. The van der Waals surface area contributed by atoms with Crippen LogP contribution in [0.5, 0.6) is 0 Å². The molecule has 1 heterocycles. The van der Waals surface area contributed by atoms with Gasteiger partial charge in [0.25, 0.3) is 0 Å². The van der Waals surface area contributed by atoms with Gasteiger partial charge in [0.2, 0.25) is 0 Å². The lowest BCUT2D eigenvalue weighted by Gasteiger charge is -2.14. The van der Waals surface area contributed by atoms with Crippen molar-refractivity contribution >= 4 is 24.2 Å². The Morgan fingerprint density at radius 3 is 2.69 bits per heavy atom. The number of halogens is 1. The van der Waals surface area contributed by atoms with Gasteiger partial charge in [-0.3, -0.25) is 0 Å². The van der Waals surface area contributed by atoms with E-state index in [1.165, 1.54) is 11.4 Å². The summed E-state index contributed by atoms with van der Waals surface area (Å²) in [6, 6.07) is 11.0. The SMILES string of the molecule is Cl.N[C@H]1CCN(CCSc2ccccc2)C1. The van der Waals surface area contributed by atoms with Gasteiger partial charge in [0, 0.05) is 29.8 Å². The predicted octanol–water partition coefficient (Wildman–Crippen LogP) is 2.23. The molecule has 0 aliphatic carbocycles. The van der Waals surface area contributed by atoms with E-state index in [9.17, 15) is 0 Å². The van der Waals surface area contributed by atoms with Gasteiger partial charge in [0.15, 0.2) is 0 Å². The van der Waals surface area contributed by atoms with Crippen molar-refractivity contribution in [2.75, 3.05) is 25.4 Å². The Bertz CT molecular complexity index is 294. The summed E-state index contributed by atoms with van der Waals surface area (Å²) in [5, 5.41) is 0. The summed E-state index contributed by atoms with van der Waals surface area (Å²) < 4.78 is 0. The highest BCUT2D eigenvalue weighted by Crippen LogP contribution is 2.17. The molecule has 1 aliphatic rings. The molecule has 0 spiro atoms. The van der Waals surface area contributed by atoms with Crippen molar-refractivity contribution in [2.24, 2.45) is 5.73 Å². The summed E-state index contributed by atoms with van der Waals surface area (Å²) in [5.41, 5.74) is 5.86. The normalized spacial score (nSPS) is 20.7. The quantitative estimate of drug-likeness (QED) is 0.840. The number of benzene rings is 1. The number of thioether (sulfide) groups is 1. The Labute approximate surface area is 108 Å². The average Bonchev–Trinajstić information content (AvgIpc) is 2.66. The molecule has 1 aliphatic heterocycles. The molecule has 0 aromatic heterocycles. The van der Waals surface area contributed by atoms with Crippen LogP contribution in [0.2, 0.25) is 0 Å². The summed E-state index contributed by atoms with van der Waals surface area (Å²) >= 11 is 1.93. The average molecular weight is 259 g/mol. The first kappa shape index (κ1) is 13.8. The molecule has 1 aromatic carbocycles. The summed E-state index contributed by atoms with van der Waals surface area (Å²) in [7, 11) is 0. The van der Waals surface area contributed by atoms with Crippen LogP contribution in [-0.4, -0.2) is 36.3 Å². The summed E-state index contributed by atoms with van der Waals surface area (Å²) in [5.74, 6) is 1.16. The van der Waals surface area contributed by atoms with E-state index < -0.39 is 0 Å². The van der Waals surface area contributed by atoms with E-state index in [2.05, 4.69) is 35.2 Å². The van der Waals surface area contributed by atoms with Crippen LogP contribution in [0.1, 0.15) is 6.42 Å². The molecule has 0 saturated carbocycles. The monoisotopic (exact) mass is 258 g/mol. The van der Waals surface area contributed by atoms with Crippen molar-refractivity contribution in [3.05, 3.63) is 30.3 Å². The zero-order valence-corrected chi connectivity index (χ0v) is 11.0. The van der Waals surface area contributed by atoms with E-state index >= 15 is 0 Å². The molecule has 1 aromatic rings. The minimum Gasteiger partial charge on any atom is -0.326 e. The number of rotatable bonds is 4. The maximum absolute atomic E-state index is 5.86. The molecular weight excluding hydrogens is 240 g/mol. The molecule has 2 N–H and O–H groups in total. The minimum absolute atomic E-state index is 0. The maximum Gasteiger partial charge on any atom is 0.0180 e. The zero-order valence-electron chi connectivity index (χ0n) is 9.34. The molecule has 2 rings (SSSR count). The van der Waals surface area contributed by atoms with E-state index in [1.807, 2.05) is 11.8 Å². The minimum atomic E-state index is 0. The molecule has 1 fully saturated rings. The van der Waals surface area contributed by atoms with Crippen molar-refractivity contribution in [2.45, 2.75) is 17.4 Å². The van der Waals surface area contributed by atoms with Crippen LogP contribution in [0, 0.1) is 0 Å². The van der Waals surface area contributed by atoms with Gasteiger partial charge in [0.05, 0.1) is 0 Å². The fourth-order valence-electron chi connectivity index (χ4n) is 1.88. The second kappa shape index (κ2) is 7.17. The maximum atomic E-state index is 5.86. The molecule has 1 saturated heterocycles. The fraction of sp³-hybridized carbons (Fsp3) is 0.500. The van der Waals surface area contributed by atoms with Crippen LogP contribution in [0.15, 0.2) is 35.2 Å². The molecule has 0 radical (unpaired) electrons. The Morgan fingerprint density at radius 2 is 2.06 bits per heavy atom. The van der Waals surface area contributed by atoms with Crippen LogP contribution >= 0.6 is 24.2 Å². The van der Waals surface area contributed by atoms with Crippen molar-refractivity contribution in [1.29, 1.82) is 0 Å². The highest BCUT2D eigenvalue weighted by molar-refractivity contribution is 7.99. The third-order valence-corrected chi connectivity index (χ3v) is 3.72. The Kier molecular flexibility index (Phi) is 6.21. The van der Waals surface area contributed by atoms with E-state index in [1.54, 1.807) is 0 Å². The number of hydrogen-bond acceptors (Lipinski definition) is 3. The lowest BCUT2D eigenvalue weighted by Crippen LogP contribution is -2.28. The van der Waals surface area contributed by atoms with Gasteiger partial charge in [-0.15, -0.1) is 24.2 Å². The van der Waals surface area contributed by atoms with Gasteiger partial charge in [-0.05, 0) is 25.1 Å². The Balaban J connectivity index is 0.00000128. The van der Waals surface area contributed by atoms with Gasteiger partial charge in [0.1, 0.15) is 0 Å². The predicted molar refractivity (Wildman–Crippen MR) is 73.4 cm³/mol. The van der Waals surface area contributed by atoms with Crippen LogP contribution in [0.4, 0.5) is 0 Å². The second-order valence-electron chi connectivity index (χ2n) is 4.01. The van der Waals surface area contributed by atoms with E-state index in [0.717, 1.165) is 25.3 Å². The summed E-state index contributed by atoms with van der Waals surface area (Å²) in [4.78, 5) is 3.82. The smallest absolute Gasteiger partial charge is 0.0180 e. The first-order chi connectivity index (χ1) is 7.34. The first-order valence-electron chi connectivity index (χ1n) is 5.50. The molecule has 1 atom stereocenters. The standard InChI is InChI=1S/C12H18N2S.ClH/c13-11-6-7-14(10-11)8-9-15-12-4-2-1-3-5-12;/h1-5,11H,6-10,13H2;1H/t11-;/m0./s1. The number of nitrogens with zero attached hydrogens (tertiary/aromatic N) is 1. The van der Waals surface area contributed by atoms with Gasteiger partial charge in [-0.2, -0.15) is 0 Å². The molecule has 16 heavy (non-hydrogen) atoms. The van der Waals surface area contributed by atoms with Gasteiger partial charge in [-0.1, -0.05) is 18.2 Å². The van der Waals surface area contributed by atoms with Crippen LogP contribution in [0.3, 0.4) is 0 Å². The van der Waals surface area contributed by atoms with Crippen LogP contribution in [0.25, 0.3) is 0 Å². The molecule has 0 unspecified atom stereocenters. The highest BCUT2D eigenvalue weighted by atomic mass is 35.5. The molecule has 90 valence electrons. The van der Waals surface area contributed by atoms with Crippen molar-refractivity contribution in [3.8, 4) is 0 Å². The number of likely N-dealkylation sites (tertiary alicyclic amines) is 1. The molecule has 2 nitrogen and oxygen atoms in total. The van der Waals surface area contributed by atoms with Gasteiger partial charge < -0.3 is 10.6 Å². The Hall–Kier alpha value is -0.220. The molecule has 0 amide bonds. The third-order valence-electron chi connectivity index (χ3n) is 2.73. The first-order valence-corrected chi connectivity index (χ1v) is 6.49. The van der Waals surface area contributed by atoms with Crippen molar-refractivity contribution < 1.29 is 0 Å². The lowest BCUT2D eigenvalue weighted by molar-refractivity contribution is 0.357. The fourth-order valence-corrected chi connectivity index (χ4v) is 2.81. The summed E-state index contributed by atoms with van der Waals surface area (Å²) in [6.45, 7) is 3.42. The van der Waals surface area contributed by atoms with E-state index in [0.29, 0.717) is 6.04 Å². The topological polar surface area (TPSA) is 29.3 Å². The molecular formula is C12H19ClN2S. The zero-order chi connectivity index (χ0) is 10.5. The largest absolute Gasteiger partial charge is 0.326 e.